The molecule has 6 rings (SSSR count). The zero-order valence-electron chi connectivity index (χ0n) is 31.1. The van der Waals surface area contributed by atoms with Crippen molar-refractivity contribution in [3.8, 4) is 0 Å². The third-order valence-corrected chi connectivity index (χ3v) is 11.7. The summed E-state index contributed by atoms with van der Waals surface area (Å²) in [7, 11) is -7.86. The summed E-state index contributed by atoms with van der Waals surface area (Å²) < 4.78 is 56.1. The van der Waals surface area contributed by atoms with E-state index in [4.69, 9.17) is 10.2 Å². The highest BCUT2D eigenvalue weighted by Crippen LogP contribution is 2.28. The molecule has 6 aromatic rings. The molecule has 0 atom stereocenters. The summed E-state index contributed by atoms with van der Waals surface area (Å²) in [6.07, 6.45) is 2.12. The number of carboxylic acids is 2. The van der Waals surface area contributed by atoms with Crippen LogP contribution in [0.1, 0.15) is 48.5 Å². The van der Waals surface area contributed by atoms with Crippen LogP contribution in [0.15, 0.2) is 155 Å². The first-order valence-corrected chi connectivity index (χ1v) is 20.8. The number of nitro groups is 1. The number of hydrogen-bond donors (Lipinski definition) is 4. The second kappa shape index (κ2) is 18.9. The van der Waals surface area contributed by atoms with Crippen molar-refractivity contribution in [2.45, 2.75) is 42.4 Å². The van der Waals surface area contributed by atoms with E-state index in [-0.39, 0.29) is 16.0 Å². The number of carboxylic acid groups (broad SMARTS) is 2. The Hall–Kier alpha value is -6.84. The summed E-state index contributed by atoms with van der Waals surface area (Å²) in [5.74, 6) is -1.98. The van der Waals surface area contributed by atoms with Gasteiger partial charge < -0.3 is 10.2 Å². The molecular formula is C43H39N3O10S2. The number of carbonyl (C=O) groups is 2. The Labute approximate surface area is 335 Å². The van der Waals surface area contributed by atoms with Crippen LogP contribution < -0.4 is 9.44 Å². The second-order valence-corrected chi connectivity index (χ2v) is 16.4. The highest BCUT2D eigenvalue weighted by atomic mass is 32.2. The topological polar surface area (TPSA) is 210 Å². The Morgan fingerprint density at radius 2 is 1.02 bits per heavy atom. The van der Waals surface area contributed by atoms with Gasteiger partial charge in [0.1, 0.15) is 0 Å². The SMILES string of the molecule is Cc1ccc(S(=O)(=O)Nc2ccccc2CCc2cccc(C(=O)O)c2)cc1.O=C(O)c1cccc(CCc2ccccc2NS(=O)(=O)c2ccccc2[N+](=O)[O-])c1. The molecule has 15 heteroatoms. The Morgan fingerprint density at radius 3 is 1.50 bits per heavy atom. The molecule has 0 aliphatic carbocycles. The van der Waals surface area contributed by atoms with Crippen molar-refractivity contribution in [2.75, 3.05) is 9.44 Å². The average molecular weight is 822 g/mol. The molecule has 0 saturated carbocycles. The van der Waals surface area contributed by atoms with Gasteiger partial charge in [-0.25, -0.2) is 26.4 Å². The molecule has 0 aliphatic heterocycles. The maximum atomic E-state index is 12.8. The number of aryl methyl sites for hydroxylation is 5. The molecule has 0 fully saturated rings. The number of nitrogens with zero attached hydrogens (tertiary/aromatic N) is 1. The molecule has 0 saturated heterocycles. The predicted octanol–water partition coefficient (Wildman–Crippen LogP) is 8.16. The van der Waals surface area contributed by atoms with Crippen molar-refractivity contribution >= 4 is 49.0 Å². The van der Waals surface area contributed by atoms with Crippen LogP contribution in [0.2, 0.25) is 0 Å². The molecule has 0 aromatic heterocycles. The zero-order chi connectivity index (χ0) is 41.9. The standard InChI is InChI=1S/C22H21NO4S.C21H18N2O6S/c1-16-9-13-20(14-10-16)28(26,27)23-21-8-3-2-6-18(21)12-11-17-5-4-7-19(15-17)22(24)25;24-21(25)17-8-5-6-15(14-17)12-13-16-7-1-2-9-18(16)22-30(28,29)20-11-4-3-10-19(20)23(26)27/h2-10,13-15,23H,11-12H2,1H3,(H,24,25);1-11,14,22H,12-13H2,(H,24,25). The molecule has 0 bridgehead atoms. The molecule has 0 unspecified atom stereocenters. The quantitative estimate of drug-likeness (QED) is 0.0577. The summed E-state index contributed by atoms with van der Waals surface area (Å²) in [5.41, 5.74) is 4.95. The number of benzene rings is 6. The minimum absolute atomic E-state index is 0.179. The van der Waals surface area contributed by atoms with Crippen molar-refractivity contribution in [3.05, 3.63) is 195 Å². The first-order valence-electron chi connectivity index (χ1n) is 17.8. The fourth-order valence-corrected chi connectivity index (χ4v) is 8.28. The molecule has 0 aliphatic rings. The van der Waals surface area contributed by atoms with Gasteiger partial charge in [0.05, 0.1) is 32.3 Å². The maximum absolute atomic E-state index is 12.8. The van der Waals surface area contributed by atoms with Crippen molar-refractivity contribution in [1.29, 1.82) is 0 Å². The zero-order valence-corrected chi connectivity index (χ0v) is 32.7. The van der Waals surface area contributed by atoms with Crippen LogP contribution in [-0.4, -0.2) is 43.9 Å². The fourth-order valence-electron chi connectivity index (χ4n) is 5.91. The smallest absolute Gasteiger partial charge is 0.335 e. The maximum Gasteiger partial charge on any atom is 0.335 e. The van der Waals surface area contributed by atoms with Crippen LogP contribution in [0.5, 0.6) is 0 Å². The second-order valence-electron chi connectivity index (χ2n) is 13.1. The third-order valence-electron chi connectivity index (χ3n) is 8.92. The van der Waals surface area contributed by atoms with Crippen molar-refractivity contribution < 1.29 is 41.6 Å². The number of hydrogen-bond acceptors (Lipinski definition) is 8. The van der Waals surface area contributed by atoms with Crippen LogP contribution in [-0.2, 0) is 45.7 Å². The van der Waals surface area contributed by atoms with Crippen LogP contribution in [0.25, 0.3) is 0 Å². The van der Waals surface area contributed by atoms with E-state index >= 15 is 0 Å². The van der Waals surface area contributed by atoms with Crippen LogP contribution in [0.3, 0.4) is 0 Å². The predicted molar refractivity (Wildman–Crippen MR) is 220 cm³/mol. The summed E-state index contributed by atoms with van der Waals surface area (Å²) in [6, 6.07) is 39.1. The summed E-state index contributed by atoms with van der Waals surface area (Å²) in [4.78, 5) is 32.5. The molecular weight excluding hydrogens is 783 g/mol. The largest absolute Gasteiger partial charge is 0.478 e. The number of anilines is 2. The molecule has 0 amide bonds. The van der Waals surface area contributed by atoms with Gasteiger partial charge in [-0.15, -0.1) is 0 Å². The molecule has 6 aromatic carbocycles. The molecule has 13 nitrogen and oxygen atoms in total. The minimum Gasteiger partial charge on any atom is -0.478 e. The van der Waals surface area contributed by atoms with Gasteiger partial charge in [0.25, 0.3) is 25.7 Å². The molecule has 0 spiro atoms. The highest BCUT2D eigenvalue weighted by Gasteiger charge is 2.26. The number of sulfonamides is 2. The lowest BCUT2D eigenvalue weighted by Crippen LogP contribution is -2.16. The fraction of sp³-hybridized carbons (Fsp3) is 0.116. The first-order chi connectivity index (χ1) is 27.6. The van der Waals surface area contributed by atoms with Crippen LogP contribution in [0.4, 0.5) is 17.1 Å². The van der Waals surface area contributed by atoms with Crippen LogP contribution in [0, 0.1) is 17.0 Å². The summed E-state index contributed by atoms with van der Waals surface area (Å²) in [5, 5.41) is 29.4. The summed E-state index contributed by atoms with van der Waals surface area (Å²) in [6.45, 7) is 1.90. The Kier molecular flexibility index (Phi) is 13.8. The van der Waals surface area contributed by atoms with Gasteiger partial charge >= 0.3 is 11.9 Å². The number of para-hydroxylation sites is 3. The molecule has 0 radical (unpaired) electrons. The Bertz CT molecular complexity index is 2670. The lowest BCUT2D eigenvalue weighted by molar-refractivity contribution is -0.387. The first kappa shape index (κ1) is 42.3. The van der Waals surface area contributed by atoms with E-state index in [1.54, 1.807) is 97.1 Å². The highest BCUT2D eigenvalue weighted by molar-refractivity contribution is 7.93. The molecule has 0 heterocycles. The van der Waals surface area contributed by atoms with E-state index in [1.807, 2.05) is 25.1 Å². The Morgan fingerprint density at radius 1 is 0.569 bits per heavy atom. The van der Waals surface area contributed by atoms with E-state index in [0.29, 0.717) is 42.6 Å². The number of nitro benzene ring substituents is 1. The van der Waals surface area contributed by atoms with Crippen LogP contribution >= 0.6 is 0 Å². The summed E-state index contributed by atoms with van der Waals surface area (Å²) >= 11 is 0. The Balaban J connectivity index is 0.000000221. The average Bonchev–Trinajstić information content (AvgIpc) is 3.20. The van der Waals surface area contributed by atoms with Gasteiger partial charge in [-0.1, -0.05) is 90.5 Å². The monoisotopic (exact) mass is 821 g/mol. The van der Waals surface area contributed by atoms with E-state index in [9.17, 15) is 36.5 Å². The van der Waals surface area contributed by atoms with Crippen molar-refractivity contribution in [1.82, 2.24) is 0 Å². The van der Waals surface area contributed by atoms with Gasteiger partial charge in [-0.05, 0) is 109 Å². The molecule has 58 heavy (non-hydrogen) atoms. The number of nitrogens with one attached hydrogen (secondary N) is 2. The van der Waals surface area contributed by atoms with Crippen molar-refractivity contribution in [3.63, 3.8) is 0 Å². The van der Waals surface area contributed by atoms with E-state index in [2.05, 4.69) is 9.44 Å². The van der Waals surface area contributed by atoms with Crippen molar-refractivity contribution in [2.24, 2.45) is 0 Å². The lowest BCUT2D eigenvalue weighted by atomic mass is 10.0. The van der Waals surface area contributed by atoms with Gasteiger partial charge in [0.2, 0.25) is 0 Å². The van der Waals surface area contributed by atoms with Gasteiger partial charge in [0, 0.05) is 6.07 Å². The number of aromatic carboxylic acids is 2. The van der Waals surface area contributed by atoms with Gasteiger partial charge in [0.15, 0.2) is 4.90 Å². The number of rotatable bonds is 15. The third kappa shape index (κ3) is 11.4. The normalized spacial score (nSPS) is 11.1. The van der Waals surface area contributed by atoms with E-state index in [1.165, 1.54) is 24.3 Å². The van der Waals surface area contributed by atoms with Gasteiger partial charge in [-0.3, -0.25) is 19.6 Å². The van der Waals surface area contributed by atoms with Gasteiger partial charge in [-0.2, -0.15) is 0 Å². The molecule has 298 valence electrons. The minimum atomic E-state index is -4.18. The van der Waals surface area contributed by atoms with E-state index in [0.717, 1.165) is 28.3 Å². The lowest BCUT2D eigenvalue weighted by Gasteiger charge is -2.13. The molecule has 4 N–H and O–H groups in total. The van der Waals surface area contributed by atoms with E-state index < -0.39 is 47.5 Å².